The van der Waals surface area contributed by atoms with Crippen molar-refractivity contribution in [3.63, 3.8) is 0 Å². The Kier molecular flexibility index (Phi) is 4.25. The van der Waals surface area contributed by atoms with Gasteiger partial charge in [-0.3, -0.25) is 4.68 Å². The predicted molar refractivity (Wildman–Crippen MR) is 87.1 cm³/mol. The number of alkyl halides is 5. The van der Waals surface area contributed by atoms with Gasteiger partial charge in [0, 0.05) is 18.0 Å². The number of benzene rings is 2. The van der Waals surface area contributed by atoms with E-state index in [9.17, 15) is 22.0 Å². The first-order valence-electron chi connectivity index (χ1n) is 7.49. The third-order valence-electron chi connectivity index (χ3n) is 3.90. The van der Waals surface area contributed by atoms with Crippen molar-refractivity contribution in [1.29, 1.82) is 0 Å². The molecule has 0 saturated heterocycles. The van der Waals surface area contributed by atoms with E-state index in [2.05, 4.69) is 5.10 Å². The maximum atomic E-state index is 13.1. The Morgan fingerprint density at radius 2 is 1.77 bits per heavy atom. The van der Waals surface area contributed by atoms with Gasteiger partial charge in [-0.05, 0) is 23.8 Å². The molecule has 138 valence electrons. The molecule has 0 bridgehead atoms. The number of nitrogens with zero attached hydrogens (tertiary/aromatic N) is 2. The van der Waals surface area contributed by atoms with Crippen LogP contribution in [0.5, 0.6) is 5.75 Å². The highest BCUT2D eigenvalue weighted by atomic mass is 19.4. The van der Waals surface area contributed by atoms with Crippen LogP contribution in [-0.4, -0.2) is 28.5 Å². The van der Waals surface area contributed by atoms with Crippen LogP contribution in [0.2, 0.25) is 0 Å². The van der Waals surface area contributed by atoms with Crippen LogP contribution >= 0.6 is 0 Å². The Morgan fingerprint density at radius 1 is 1.08 bits per heavy atom. The largest absolute Gasteiger partial charge is 0.486 e. The molecule has 0 spiro atoms. The lowest BCUT2D eigenvalue weighted by atomic mass is 10.0. The summed E-state index contributed by atoms with van der Waals surface area (Å²) in [6.07, 6.45) is -5.67. The summed E-state index contributed by atoms with van der Waals surface area (Å²) in [5.41, 5.74) is 7.43. The maximum Gasteiger partial charge on any atom is 0.456 e. The molecule has 0 amide bonds. The zero-order valence-electron chi connectivity index (χ0n) is 13.5. The van der Waals surface area contributed by atoms with Gasteiger partial charge in [0.25, 0.3) is 0 Å². The van der Waals surface area contributed by atoms with Gasteiger partial charge >= 0.3 is 12.1 Å². The topological polar surface area (TPSA) is 53.1 Å². The molecule has 4 nitrogen and oxygen atoms in total. The minimum Gasteiger partial charge on any atom is -0.486 e. The number of anilines is 1. The molecule has 3 aromatic rings. The van der Waals surface area contributed by atoms with Gasteiger partial charge in [0.1, 0.15) is 5.75 Å². The summed E-state index contributed by atoms with van der Waals surface area (Å²) in [6, 6.07) is 11.1. The van der Waals surface area contributed by atoms with E-state index in [0.29, 0.717) is 27.8 Å². The highest BCUT2D eigenvalue weighted by Crippen LogP contribution is 2.38. The van der Waals surface area contributed by atoms with Crippen LogP contribution in [-0.2, 0) is 7.05 Å². The molecule has 0 unspecified atom stereocenters. The molecule has 0 saturated carbocycles. The second-order valence-electron chi connectivity index (χ2n) is 5.73. The van der Waals surface area contributed by atoms with Gasteiger partial charge in [-0.2, -0.15) is 27.1 Å². The monoisotopic (exact) mass is 371 g/mol. The van der Waals surface area contributed by atoms with E-state index in [-0.39, 0.29) is 5.75 Å². The van der Waals surface area contributed by atoms with Crippen LogP contribution in [0.3, 0.4) is 0 Å². The van der Waals surface area contributed by atoms with Crippen molar-refractivity contribution in [2.75, 3.05) is 12.3 Å². The van der Waals surface area contributed by atoms with E-state index >= 15 is 0 Å². The van der Waals surface area contributed by atoms with Crippen molar-refractivity contribution >= 4 is 16.7 Å². The van der Waals surface area contributed by atoms with Gasteiger partial charge in [0.15, 0.2) is 12.4 Å². The summed E-state index contributed by atoms with van der Waals surface area (Å²) in [5, 5.41) is 4.79. The Bertz CT molecular complexity index is 949. The first kappa shape index (κ1) is 18.0. The zero-order valence-corrected chi connectivity index (χ0v) is 13.5. The minimum atomic E-state index is -5.67. The maximum absolute atomic E-state index is 13.1. The number of halogens is 5. The molecule has 3 rings (SSSR count). The number of aryl methyl sites for hydroxylation is 1. The average molecular weight is 371 g/mol. The van der Waals surface area contributed by atoms with Crippen molar-refractivity contribution in [3.05, 3.63) is 42.5 Å². The van der Waals surface area contributed by atoms with Crippen molar-refractivity contribution < 1.29 is 26.7 Å². The SMILES string of the molecule is Cn1nc(N)c2ccc(-c3ccccc3OCC(F)(F)C(F)(F)F)cc21. The van der Waals surface area contributed by atoms with E-state index in [1.54, 1.807) is 42.1 Å². The van der Waals surface area contributed by atoms with Gasteiger partial charge in [0.05, 0.1) is 5.52 Å². The van der Waals surface area contributed by atoms with Gasteiger partial charge < -0.3 is 10.5 Å². The van der Waals surface area contributed by atoms with Gasteiger partial charge in [-0.25, -0.2) is 0 Å². The normalized spacial score (nSPS) is 12.5. The second-order valence-corrected chi connectivity index (χ2v) is 5.73. The molecule has 0 aliphatic carbocycles. The fourth-order valence-electron chi connectivity index (χ4n) is 2.53. The molecule has 0 aliphatic rings. The first-order chi connectivity index (χ1) is 12.1. The van der Waals surface area contributed by atoms with E-state index < -0.39 is 18.7 Å². The molecular weight excluding hydrogens is 357 g/mol. The van der Waals surface area contributed by atoms with E-state index in [1.807, 2.05) is 0 Å². The minimum absolute atomic E-state index is 0.0779. The molecule has 1 aromatic heterocycles. The predicted octanol–water partition coefficient (Wildman–Crippen LogP) is 4.40. The van der Waals surface area contributed by atoms with E-state index in [0.717, 1.165) is 0 Å². The third-order valence-corrected chi connectivity index (χ3v) is 3.90. The molecule has 0 aliphatic heterocycles. The second kappa shape index (κ2) is 6.15. The number of hydrogen-bond acceptors (Lipinski definition) is 3. The van der Waals surface area contributed by atoms with Gasteiger partial charge in [-0.15, -0.1) is 0 Å². The highest BCUT2D eigenvalue weighted by molar-refractivity contribution is 5.92. The standard InChI is InChI=1S/C17H14F5N3O/c1-25-13-8-10(6-7-12(13)15(23)24-25)11-4-2-3-5-14(11)26-9-16(18,19)17(20,21)22/h2-8H,9H2,1H3,(H2,23,24). The molecule has 2 N–H and O–H groups in total. The lowest BCUT2D eigenvalue weighted by molar-refractivity contribution is -0.289. The van der Waals surface area contributed by atoms with Gasteiger partial charge in [-0.1, -0.05) is 24.3 Å². The Morgan fingerprint density at radius 3 is 2.46 bits per heavy atom. The average Bonchev–Trinajstić information content (AvgIpc) is 2.86. The zero-order chi connectivity index (χ0) is 19.1. The smallest absolute Gasteiger partial charge is 0.456 e. The van der Waals surface area contributed by atoms with Crippen molar-refractivity contribution in [2.45, 2.75) is 12.1 Å². The molecule has 1 heterocycles. The van der Waals surface area contributed by atoms with Crippen molar-refractivity contribution in [1.82, 2.24) is 9.78 Å². The van der Waals surface area contributed by atoms with E-state index in [1.165, 1.54) is 12.1 Å². The Labute approximate surface area is 145 Å². The lowest BCUT2D eigenvalue weighted by Crippen LogP contribution is -2.41. The van der Waals surface area contributed by atoms with Gasteiger partial charge in [0.2, 0.25) is 0 Å². The quantitative estimate of drug-likeness (QED) is 0.692. The summed E-state index contributed by atoms with van der Waals surface area (Å²) in [4.78, 5) is 0. The number of aromatic nitrogens is 2. The molecular formula is C17H14F5N3O. The molecule has 0 atom stereocenters. The van der Waals surface area contributed by atoms with Crippen molar-refractivity contribution in [2.24, 2.45) is 7.05 Å². The first-order valence-corrected chi connectivity index (χ1v) is 7.49. The van der Waals surface area contributed by atoms with Crippen LogP contribution < -0.4 is 10.5 Å². The fraction of sp³-hybridized carbons (Fsp3) is 0.235. The Balaban J connectivity index is 1.96. The van der Waals surface area contributed by atoms with Crippen LogP contribution in [0.1, 0.15) is 0 Å². The summed E-state index contributed by atoms with van der Waals surface area (Å²) in [7, 11) is 1.69. The summed E-state index contributed by atoms with van der Waals surface area (Å²) >= 11 is 0. The summed E-state index contributed by atoms with van der Waals surface area (Å²) < 4.78 is 69.6. The van der Waals surface area contributed by atoms with Crippen LogP contribution in [0.25, 0.3) is 22.0 Å². The van der Waals surface area contributed by atoms with E-state index in [4.69, 9.17) is 10.5 Å². The number of nitrogen functional groups attached to an aromatic ring is 1. The number of ether oxygens (including phenoxy) is 1. The number of para-hydroxylation sites is 1. The number of rotatable bonds is 4. The molecule has 0 fully saturated rings. The fourth-order valence-corrected chi connectivity index (χ4v) is 2.53. The highest BCUT2D eigenvalue weighted by Gasteiger charge is 2.58. The number of nitrogens with two attached hydrogens (primary N) is 1. The van der Waals surface area contributed by atoms with Crippen LogP contribution in [0, 0.1) is 0 Å². The van der Waals surface area contributed by atoms with Crippen LogP contribution in [0.4, 0.5) is 27.8 Å². The third kappa shape index (κ3) is 3.16. The molecule has 26 heavy (non-hydrogen) atoms. The number of fused-ring (bicyclic) bond motifs is 1. The molecule has 2 aromatic carbocycles. The Hall–Kier alpha value is -2.84. The number of hydrogen-bond donors (Lipinski definition) is 1. The summed E-state index contributed by atoms with van der Waals surface area (Å²) in [6.45, 7) is -1.80. The van der Waals surface area contributed by atoms with Crippen LogP contribution in [0.15, 0.2) is 42.5 Å². The lowest BCUT2D eigenvalue weighted by Gasteiger charge is -2.20. The molecule has 9 heteroatoms. The summed E-state index contributed by atoms with van der Waals surface area (Å²) in [5.74, 6) is -4.69. The van der Waals surface area contributed by atoms with Crippen molar-refractivity contribution in [3.8, 4) is 16.9 Å². The molecule has 0 radical (unpaired) electrons.